The summed E-state index contributed by atoms with van der Waals surface area (Å²) in [5.41, 5.74) is 0. The van der Waals surface area contributed by atoms with Gasteiger partial charge in [0.25, 0.3) is 0 Å². The molecular weight excluding hydrogens is 262 g/mol. The zero-order chi connectivity index (χ0) is 3.54. The van der Waals surface area contributed by atoms with Crippen molar-refractivity contribution in [3.8, 4) is 0 Å². The van der Waals surface area contributed by atoms with Crippen LogP contribution in [-0.2, 0) is 39.0 Å². The summed E-state index contributed by atoms with van der Waals surface area (Å²) in [7, 11) is 0. The summed E-state index contributed by atoms with van der Waals surface area (Å²) in [6.45, 7) is 0. The molecule has 0 atom stereocenters. The second-order valence-corrected chi connectivity index (χ2v) is 1.09. The molecule has 0 heterocycles. The Morgan fingerprint density at radius 3 is 1.43 bits per heavy atom. The van der Waals surface area contributed by atoms with Crippen molar-refractivity contribution in [2.75, 3.05) is 0 Å². The first-order valence-electron chi connectivity index (χ1n) is 1.82. The third-order valence-electron chi connectivity index (χ3n) is 0.655. The largest absolute Gasteiger partial charge is 0.0808 e. The van der Waals surface area contributed by atoms with Gasteiger partial charge in [0.05, 0.1) is 0 Å². The zero-order valence-corrected chi connectivity index (χ0v) is 7.20. The summed E-state index contributed by atoms with van der Waals surface area (Å²) >= 11 is 0. The average Bonchev–Trinajstić information content (AvgIpc) is 1.76. The Morgan fingerprint density at radius 1 is 0.857 bits per heavy atom. The normalized spacial score (nSPS) is 12.6. The van der Waals surface area contributed by atoms with E-state index in [2.05, 4.69) is 24.3 Å². The molecule has 1 aliphatic rings. The summed E-state index contributed by atoms with van der Waals surface area (Å²) in [5.74, 6) is 0. The van der Waals surface area contributed by atoms with Crippen LogP contribution in [0.2, 0.25) is 0 Å². The predicted octanol–water partition coefficient (Wildman–Crippen LogP) is 1.50. The molecule has 0 saturated heterocycles. The van der Waals surface area contributed by atoms with Crippen LogP contribution in [0.4, 0.5) is 0 Å². The van der Waals surface area contributed by atoms with Crippen LogP contribution < -0.4 is 0 Å². The Labute approximate surface area is 69.6 Å². The number of rotatable bonds is 0. The molecule has 0 N–H and O–H groups in total. The molecule has 7 heavy (non-hydrogen) atoms. The van der Waals surface area contributed by atoms with Crippen molar-refractivity contribution in [3.05, 3.63) is 24.3 Å². The van der Waals surface area contributed by atoms with E-state index in [1.54, 1.807) is 0 Å². The van der Waals surface area contributed by atoms with Crippen LogP contribution in [0, 0.1) is 0 Å². The second-order valence-electron chi connectivity index (χ2n) is 1.09. The van der Waals surface area contributed by atoms with Gasteiger partial charge in [0.2, 0.25) is 0 Å². The smallest absolute Gasteiger partial charge is 0 e. The fraction of sp³-hybridized carbons (Fsp3) is 0.200. The van der Waals surface area contributed by atoms with Gasteiger partial charge in [-0.25, -0.2) is 0 Å². The van der Waals surface area contributed by atoms with Crippen molar-refractivity contribution in [3.63, 3.8) is 0 Å². The maximum atomic E-state index is 2.12. The maximum Gasteiger partial charge on any atom is 0 e. The van der Waals surface area contributed by atoms with Crippen LogP contribution in [0.15, 0.2) is 24.3 Å². The van der Waals surface area contributed by atoms with Crippen LogP contribution in [0.25, 0.3) is 0 Å². The molecule has 1 aliphatic carbocycles. The summed E-state index contributed by atoms with van der Waals surface area (Å²) in [6, 6.07) is 0. The van der Waals surface area contributed by atoms with Gasteiger partial charge in [-0.15, -0.1) is 0 Å². The molecule has 0 spiro atoms. The molecule has 0 aliphatic heterocycles. The Kier molecular flexibility index (Phi) is 10.2. The van der Waals surface area contributed by atoms with Crippen molar-refractivity contribution < 1.29 is 39.0 Å². The second kappa shape index (κ2) is 6.73. The van der Waals surface area contributed by atoms with E-state index in [9.17, 15) is 0 Å². The third-order valence-corrected chi connectivity index (χ3v) is 0.655. The van der Waals surface area contributed by atoms with E-state index in [0.717, 1.165) is 6.42 Å². The first-order valence-corrected chi connectivity index (χ1v) is 1.82. The van der Waals surface area contributed by atoms with Gasteiger partial charge in [-0.1, -0.05) is 24.3 Å². The van der Waals surface area contributed by atoms with Crippen LogP contribution in [0.3, 0.4) is 0 Å². The molecule has 1 rings (SSSR count). The van der Waals surface area contributed by atoms with Gasteiger partial charge in [-0.3, -0.25) is 0 Å². The van der Waals surface area contributed by atoms with E-state index < -0.39 is 0 Å². The average molecular weight is 268 g/mol. The van der Waals surface area contributed by atoms with E-state index in [-0.39, 0.29) is 39.0 Å². The zero-order valence-electron chi connectivity index (χ0n) is 3.72. The first kappa shape index (κ1) is 10.7. The standard InChI is InChI=1S/C5H6.2Ru/c1-2-4-5-3-1;;/h1-4H,5H2;;. The van der Waals surface area contributed by atoms with Crippen molar-refractivity contribution in [2.24, 2.45) is 0 Å². The van der Waals surface area contributed by atoms with E-state index in [4.69, 9.17) is 0 Å². The molecule has 0 nitrogen and oxygen atoms in total. The maximum absolute atomic E-state index is 2.12. The predicted molar refractivity (Wildman–Crippen MR) is 22.9 cm³/mol. The molecular formula is C5H6Ru2. The first-order chi connectivity index (χ1) is 2.50. The molecule has 0 bridgehead atoms. The molecule has 0 unspecified atom stereocenters. The molecule has 42 valence electrons. The quantitative estimate of drug-likeness (QED) is 0.584. The van der Waals surface area contributed by atoms with Crippen molar-refractivity contribution in [1.29, 1.82) is 0 Å². The van der Waals surface area contributed by atoms with Gasteiger partial charge < -0.3 is 0 Å². The van der Waals surface area contributed by atoms with E-state index in [1.165, 1.54) is 0 Å². The van der Waals surface area contributed by atoms with E-state index >= 15 is 0 Å². The van der Waals surface area contributed by atoms with Gasteiger partial charge in [-0.2, -0.15) is 0 Å². The fourth-order valence-electron chi connectivity index (χ4n) is 0.393. The molecule has 0 aromatic carbocycles. The van der Waals surface area contributed by atoms with Gasteiger partial charge in [0.1, 0.15) is 0 Å². The molecule has 2 heteroatoms. The minimum absolute atomic E-state index is 0. The molecule has 0 aromatic rings. The monoisotopic (exact) mass is 270 g/mol. The van der Waals surface area contributed by atoms with Crippen molar-refractivity contribution in [2.45, 2.75) is 6.42 Å². The Morgan fingerprint density at radius 2 is 1.29 bits per heavy atom. The van der Waals surface area contributed by atoms with Gasteiger partial charge in [-0.05, 0) is 6.42 Å². The summed E-state index contributed by atoms with van der Waals surface area (Å²) in [5, 5.41) is 0. The van der Waals surface area contributed by atoms with E-state index in [1.807, 2.05) is 0 Å². The van der Waals surface area contributed by atoms with Crippen molar-refractivity contribution >= 4 is 0 Å². The molecule has 0 aromatic heterocycles. The molecule has 0 saturated carbocycles. The fourth-order valence-corrected chi connectivity index (χ4v) is 0.393. The Balaban J connectivity index is 0. The van der Waals surface area contributed by atoms with Crippen LogP contribution in [0.5, 0.6) is 0 Å². The van der Waals surface area contributed by atoms with Crippen LogP contribution in [0.1, 0.15) is 6.42 Å². The van der Waals surface area contributed by atoms with Gasteiger partial charge >= 0.3 is 0 Å². The Hall–Kier alpha value is 0.727. The van der Waals surface area contributed by atoms with Gasteiger partial charge in [0.15, 0.2) is 0 Å². The molecule has 0 amide bonds. The third kappa shape index (κ3) is 4.58. The Bertz CT molecular complexity index is 64.1. The number of hydrogen-bond donors (Lipinski definition) is 0. The SMILES string of the molecule is C1=CCC=C1.[Ru].[Ru]. The summed E-state index contributed by atoms with van der Waals surface area (Å²) in [6.07, 6.45) is 9.50. The molecule has 0 fully saturated rings. The van der Waals surface area contributed by atoms with Gasteiger partial charge in [0, 0.05) is 39.0 Å². The van der Waals surface area contributed by atoms with Crippen LogP contribution in [-0.4, -0.2) is 0 Å². The van der Waals surface area contributed by atoms with Crippen molar-refractivity contribution in [1.82, 2.24) is 0 Å². The molecule has 0 radical (unpaired) electrons. The minimum Gasteiger partial charge on any atom is -0.0808 e. The summed E-state index contributed by atoms with van der Waals surface area (Å²) < 4.78 is 0. The topological polar surface area (TPSA) is 0 Å². The van der Waals surface area contributed by atoms with E-state index in [0.29, 0.717) is 0 Å². The summed E-state index contributed by atoms with van der Waals surface area (Å²) in [4.78, 5) is 0. The minimum atomic E-state index is 0. The number of allylic oxidation sites excluding steroid dienone is 4. The number of hydrogen-bond acceptors (Lipinski definition) is 0. The van der Waals surface area contributed by atoms with Crippen LogP contribution >= 0.6 is 0 Å².